The van der Waals surface area contributed by atoms with Crippen LogP contribution in [0, 0.1) is 6.92 Å². The van der Waals surface area contributed by atoms with Crippen LogP contribution in [0.1, 0.15) is 47.6 Å². The van der Waals surface area contributed by atoms with Gasteiger partial charge < -0.3 is 14.6 Å². The predicted octanol–water partition coefficient (Wildman–Crippen LogP) is 5.78. The Labute approximate surface area is 200 Å². The summed E-state index contributed by atoms with van der Waals surface area (Å²) in [5.74, 6) is -1.52. The summed E-state index contributed by atoms with van der Waals surface area (Å²) in [6.07, 6.45) is 2.10. The minimum Gasteiger partial charge on any atom is -0.505 e. The molecule has 178 valence electrons. The first-order valence-electron chi connectivity index (χ1n) is 11.2. The van der Waals surface area contributed by atoms with Crippen molar-refractivity contribution in [2.75, 3.05) is 0 Å². The summed E-state index contributed by atoms with van der Waals surface area (Å²) >= 11 is 0. The highest BCUT2D eigenvalue weighted by Gasteiger charge is 2.30. The number of carboxylic acid groups (broad SMARTS) is 1. The third kappa shape index (κ3) is 3.84. The number of aromatic nitrogens is 2. The molecule has 9 nitrogen and oxygen atoms in total. The lowest BCUT2D eigenvalue weighted by Gasteiger charge is -2.19. The third-order valence-corrected chi connectivity index (χ3v) is 6.50. The number of nitrogens with one attached hydrogen (secondary N) is 1. The van der Waals surface area contributed by atoms with Gasteiger partial charge in [0.15, 0.2) is 11.4 Å². The Bertz CT molecular complexity index is 1550. The van der Waals surface area contributed by atoms with E-state index in [-0.39, 0.29) is 45.2 Å². The van der Waals surface area contributed by atoms with Crippen LogP contribution in [-0.4, -0.2) is 26.0 Å². The Morgan fingerprint density at radius 2 is 1.94 bits per heavy atom. The van der Waals surface area contributed by atoms with Gasteiger partial charge in [0.1, 0.15) is 11.4 Å². The van der Waals surface area contributed by atoms with E-state index < -0.39 is 5.97 Å². The molecule has 4 aromatic rings. The zero-order valence-electron chi connectivity index (χ0n) is 19.5. The maximum absolute atomic E-state index is 13.2. The molecule has 2 aromatic carbocycles. The average Bonchev–Trinajstić information content (AvgIpc) is 3.50. The number of hydrogen-bond donors (Lipinski definition) is 3. The number of carbonyl (C=O) groups is 1. The lowest BCUT2D eigenvalue weighted by atomic mass is 9.86. The van der Waals surface area contributed by atoms with Gasteiger partial charge in [0.05, 0.1) is 16.9 Å². The average molecular weight is 473 g/mol. The van der Waals surface area contributed by atoms with Crippen LogP contribution in [0.25, 0.3) is 17.0 Å². The van der Waals surface area contributed by atoms with Crippen molar-refractivity contribution in [1.29, 1.82) is 0 Å². The van der Waals surface area contributed by atoms with Gasteiger partial charge in [-0.15, -0.1) is 10.2 Å². The summed E-state index contributed by atoms with van der Waals surface area (Å²) in [4.78, 5) is 24.2. The van der Waals surface area contributed by atoms with Crippen molar-refractivity contribution in [3.63, 3.8) is 0 Å². The van der Waals surface area contributed by atoms with Gasteiger partial charge in [-0.05, 0) is 72.7 Å². The van der Waals surface area contributed by atoms with E-state index in [0.717, 1.165) is 18.5 Å². The van der Waals surface area contributed by atoms with E-state index in [0.29, 0.717) is 5.69 Å². The van der Waals surface area contributed by atoms with E-state index in [2.05, 4.69) is 35.2 Å². The van der Waals surface area contributed by atoms with Crippen molar-refractivity contribution in [2.45, 2.75) is 39.0 Å². The number of phenols is 1. The number of hydrogen-bond acceptors (Lipinski definition) is 6. The van der Waals surface area contributed by atoms with Gasteiger partial charge in [0.25, 0.3) is 5.56 Å². The SMILES string of the molecule is Cc1[nH]n(-c2ccc3c(c2)C(C)(C)CC3)c(=O)c1N=Nc1cccc(-c2ccc(C(=O)O)o2)c1O. The molecule has 0 bridgehead atoms. The van der Waals surface area contributed by atoms with Crippen LogP contribution >= 0.6 is 0 Å². The Morgan fingerprint density at radius 3 is 2.69 bits per heavy atom. The van der Waals surface area contributed by atoms with Gasteiger partial charge in [-0.2, -0.15) is 0 Å². The van der Waals surface area contributed by atoms with Crippen LogP contribution in [-0.2, 0) is 11.8 Å². The number of benzene rings is 2. The zero-order chi connectivity index (χ0) is 24.9. The van der Waals surface area contributed by atoms with Gasteiger partial charge in [-0.3, -0.25) is 9.89 Å². The molecule has 0 atom stereocenters. The molecule has 0 unspecified atom stereocenters. The third-order valence-electron chi connectivity index (χ3n) is 6.50. The number of H-pyrrole nitrogens is 1. The van der Waals surface area contributed by atoms with Gasteiger partial charge in [-0.1, -0.05) is 26.0 Å². The summed E-state index contributed by atoms with van der Waals surface area (Å²) in [5.41, 5.74) is 4.01. The zero-order valence-corrected chi connectivity index (χ0v) is 19.5. The predicted molar refractivity (Wildman–Crippen MR) is 129 cm³/mol. The topological polar surface area (TPSA) is 133 Å². The van der Waals surface area contributed by atoms with Crippen LogP contribution in [0.15, 0.2) is 68.0 Å². The highest BCUT2D eigenvalue weighted by molar-refractivity contribution is 5.85. The first-order chi connectivity index (χ1) is 16.7. The van der Waals surface area contributed by atoms with Gasteiger partial charge in [0, 0.05) is 0 Å². The molecule has 1 aliphatic carbocycles. The summed E-state index contributed by atoms with van der Waals surface area (Å²) in [6.45, 7) is 6.14. The van der Waals surface area contributed by atoms with Crippen LogP contribution in [0.4, 0.5) is 11.4 Å². The molecule has 35 heavy (non-hydrogen) atoms. The van der Waals surface area contributed by atoms with E-state index in [4.69, 9.17) is 9.52 Å². The van der Waals surface area contributed by atoms with Crippen molar-refractivity contribution < 1.29 is 19.4 Å². The van der Waals surface area contributed by atoms with Gasteiger partial charge in [-0.25, -0.2) is 9.48 Å². The molecule has 1 aliphatic rings. The van der Waals surface area contributed by atoms with Crippen molar-refractivity contribution in [3.05, 3.63) is 81.5 Å². The summed E-state index contributed by atoms with van der Waals surface area (Å²) < 4.78 is 6.73. The fourth-order valence-corrected chi connectivity index (χ4v) is 4.48. The number of phenolic OH excluding ortho intramolecular Hbond substituents is 1. The number of para-hydroxylation sites is 1. The number of aryl methyl sites for hydroxylation is 2. The van der Waals surface area contributed by atoms with Crippen LogP contribution < -0.4 is 5.56 Å². The Balaban J connectivity index is 1.49. The molecular weight excluding hydrogens is 448 g/mol. The Hall–Kier alpha value is -4.40. The highest BCUT2D eigenvalue weighted by atomic mass is 16.4. The molecular formula is C26H24N4O5. The number of aromatic hydroxyl groups is 1. The van der Waals surface area contributed by atoms with Crippen LogP contribution in [0.2, 0.25) is 0 Å². The molecule has 2 aromatic heterocycles. The molecule has 2 heterocycles. The molecule has 0 fully saturated rings. The number of nitrogens with zero attached hydrogens (tertiary/aromatic N) is 3. The molecule has 0 amide bonds. The molecule has 3 N–H and O–H groups in total. The van der Waals surface area contributed by atoms with Crippen LogP contribution in [0.3, 0.4) is 0 Å². The van der Waals surface area contributed by atoms with E-state index >= 15 is 0 Å². The largest absolute Gasteiger partial charge is 0.505 e. The standard InChI is InChI=1S/C26H24N4O5/c1-14-22(24(32)30(29-14)16-8-7-15-11-12-26(2,3)18(15)13-16)28-27-19-6-4-5-17(23(19)31)20-9-10-21(35-20)25(33)34/h4-10,13,29,31H,11-12H2,1-3H3,(H,33,34). The fourth-order valence-electron chi connectivity index (χ4n) is 4.48. The molecule has 0 saturated heterocycles. The minimum absolute atomic E-state index is 0.0564. The number of aromatic carboxylic acids is 1. The number of fused-ring (bicyclic) bond motifs is 1. The van der Waals surface area contributed by atoms with E-state index in [9.17, 15) is 14.7 Å². The second-order valence-electron chi connectivity index (χ2n) is 9.29. The Kier molecular flexibility index (Phi) is 5.20. The first-order valence-corrected chi connectivity index (χ1v) is 11.2. The quantitative estimate of drug-likeness (QED) is 0.317. The normalized spacial score (nSPS) is 14.5. The lowest BCUT2D eigenvalue weighted by Crippen LogP contribution is -2.16. The summed E-state index contributed by atoms with van der Waals surface area (Å²) in [5, 5.41) is 31.0. The second kappa shape index (κ2) is 8.12. The maximum atomic E-state index is 13.2. The fraction of sp³-hybridized carbons (Fsp3) is 0.231. The molecule has 9 heteroatoms. The van der Waals surface area contributed by atoms with Crippen LogP contribution in [0.5, 0.6) is 5.75 Å². The van der Waals surface area contributed by atoms with Gasteiger partial charge in [0.2, 0.25) is 5.76 Å². The van der Waals surface area contributed by atoms with Crippen molar-refractivity contribution in [2.24, 2.45) is 10.2 Å². The van der Waals surface area contributed by atoms with E-state index in [1.54, 1.807) is 19.1 Å². The minimum atomic E-state index is -1.21. The molecule has 0 saturated carbocycles. The van der Waals surface area contributed by atoms with Crippen molar-refractivity contribution in [3.8, 4) is 22.8 Å². The van der Waals surface area contributed by atoms with Crippen molar-refractivity contribution in [1.82, 2.24) is 9.78 Å². The molecule has 0 spiro atoms. The Morgan fingerprint density at radius 1 is 1.14 bits per heavy atom. The lowest BCUT2D eigenvalue weighted by molar-refractivity contribution is 0.0663. The number of furan rings is 1. The smallest absolute Gasteiger partial charge is 0.371 e. The van der Waals surface area contributed by atoms with E-state index in [1.807, 2.05) is 12.1 Å². The summed E-state index contributed by atoms with van der Waals surface area (Å²) in [7, 11) is 0. The second-order valence-corrected chi connectivity index (χ2v) is 9.29. The molecule has 0 radical (unpaired) electrons. The van der Waals surface area contributed by atoms with Gasteiger partial charge >= 0.3 is 5.97 Å². The monoisotopic (exact) mass is 472 g/mol. The summed E-state index contributed by atoms with van der Waals surface area (Å²) in [6, 6.07) is 13.5. The van der Waals surface area contributed by atoms with Crippen molar-refractivity contribution >= 4 is 17.3 Å². The molecule has 0 aliphatic heterocycles. The number of rotatable bonds is 5. The van der Waals surface area contributed by atoms with E-state index in [1.165, 1.54) is 34.0 Å². The number of carboxylic acids is 1. The number of azo groups is 1. The highest BCUT2D eigenvalue weighted by Crippen LogP contribution is 2.40. The molecule has 5 rings (SSSR count). The number of aromatic amines is 1. The first kappa shape index (κ1) is 22.4. The maximum Gasteiger partial charge on any atom is 0.371 e.